The van der Waals surface area contributed by atoms with E-state index >= 15 is 0 Å². The molecular weight excluding hydrogens is 374 g/mol. The SMILES string of the molecule is CCCS(=O)(=O)N1CCCCC1C(=O)Nc1ccc(N2CCCCCC2)cc1. The van der Waals surface area contributed by atoms with E-state index in [1.807, 2.05) is 31.2 Å². The van der Waals surface area contributed by atoms with Crippen LogP contribution in [0.5, 0.6) is 0 Å². The third-order valence-electron chi connectivity index (χ3n) is 5.68. The molecule has 0 spiro atoms. The molecule has 0 saturated carbocycles. The minimum Gasteiger partial charge on any atom is -0.372 e. The Hall–Kier alpha value is -1.60. The van der Waals surface area contributed by atoms with Gasteiger partial charge in [-0.1, -0.05) is 26.2 Å². The fourth-order valence-electron chi connectivity index (χ4n) is 4.19. The highest BCUT2D eigenvalue weighted by Gasteiger charge is 2.36. The molecule has 1 unspecified atom stereocenters. The van der Waals surface area contributed by atoms with Crippen molar-refractivity contribution in [2.75, 3.05) is 35.6 Å². The van der Waals surface area contributed by atoms with Gasteiger partial charge >= 0.3 is 0 Å². The van der Waals surface area contributed by atoms with E-state index in [-0.39, 0.29) is 11.7 Å². The third kappa shape index (κ3) is 5.26. The molecule has 3 rings (SSSR count). The Bertz CT molecular complexity index is 741. The summed E-state index contributed by atoms with van der Waals surface area (Å²) in [5.74, 6) is -0.122. The molecule has 1 aromatic carbocycles. The highest BCUT2D eigenvalue weighted by atomic mass is 32.2. The normalized spacial score (nSPS) is 21.9. The van der Waals surface area contributed by atoms with Gasteiger partial charge in [-0.3, -0.25) is 4.79 Å². The molecule has 1 aromatic rings. The molecule has 1 N–H and O–H groups in total. The van der Waals surface area contributed by atoms with E-state index in [1.54, 1.807) is 0 Å². The topological polar surface area (TPSA) is 69.7 Å². The first-order valence-electron chi connectivity index (χ1n) is 10.7. The summed E-state index contributed by atoms with van der Waals surface area (Å²) in [6, 6.07) is 7.34. The highest BCUT2D eigenvalue weighted by molar-refractivity contribution is 7.89. The smallest absolute Gasteiger partial charge is 0.242 e. The Morgan fingerprint density at radius 3 is 2.29 bits per heavy atom. The maximum Gasteiger partial charge on any atom is 0.242 e. The molecule has 0 aromatic heterocycles. The first-order chi connectivity index (χ1) is 13.5. The number of hydrogen-bond donors (Lipinski definition) is 1. The van der Waals surface area contributed by atoms with Crippen LogP contribution in [-0.4, -0.2) is 50.1 Å². The summed E-state index contributed by atoms with van der Waals surface area (Å²) in [7, 11) is -3.38. The second kappa shape index (κ2) is 9.74. The zero-order chi connectivity index (χ0) is 20.0. The molecule has 156 valence electrons. The van der Waals surface area contributed by atoms with Crippen molar-refractivity contribution in [1.82, 2.24) is 4.31 Å². The number of hydrogen-bond acceptors (Lipinski definition) is 4. The lowest BCUT2D eigenvalue weighted by molar-refractivity contribution is -0.120. The predicted octanol–water partition coefficient (Wildman–Crippen LogP) is 3.60. The Labute approximate surface area is 169 Å². The van der Waals surface area contributed by atoms with Crippen molar-refractivity contribution < 1.29 is 13.2 Å². The van der Waals surface area contributed by atoms with E-state index < -0.39 is 16.1 Å². The van der Waals surface area contributed by atoms with Crippen LogP contribution in [-0.2, 0) is 14.8 Å². The van der Waals surface area contributed by atoms with Crippen LogP contribution in [0.1, 0.15) is 58.3 Å². The molecule has 2 aliphatic rings. The molecule has 0 aliphatic carbocycles. The maximum absolute atomic E-state index is 12.8. The minimum absolute atomic E-state index is 0.0985. The monoisotopic (exact) mass is 407 g/mol. The first-order valence-corrected chi connectivity index (χ1v) is 12.3. The van der Waals surface area contributed by atoms with Crippen molar-refractivity contribution >= 4 is 27.3 Å². The zero-order valence-corrected chi connectivity index (χ0v) is 17.7. The Morgan fingerprint density at radius 2 is 1.64 bits per heavy atom. The van der Waals surface area contributed by atoms with Crippen molar-refractivity contribution in [3.8, 4) is 0 Å². The van der Waals surface area contributed by atoms with Gasteiger partial charge in [0.25, 0.3) is 0 Å². The Balaban J connectivity index is 1.65. The number of carbonyl (C=O) groups excluding carboxylic acids is 1. The number of sulfonamides is 1. The van der Waals surface area contributed by atoms with Gasteiger partial charge in [0.15, 0.2) is 0 Å². The summed E-state index contributed by atoms with van der Waals surface area (Å²) < 4.78 is 26.5. The zero-order valence-electron chi connectivity index (χ0n) is 16.9. The van der Waals surface area contributed by atoms with Crippen LogP contribution in [0.4, 0.5) is 11.4 Å². The van der Waals surface area contributed by atoms with Gasteiger partial charge in [-0.25, -0.2) is 8.42 Å². The lowest BCUT2D eigenvalue weighted by atomic mass is 10.0. The molecule has 28 heavy (non-hydrogen) atoms. The Morgan fingerprint density at radius 1 is 1.00 bits per heavy atom. The third-order valence-corrected chi connectivity index (χ3v) is 7.76. The average molecular weight is 408 g/mol. The summed E-state index contributed by atoms with van der Waals surface area (Å²) in [6.07, 6.45) is 7.88. The van der Waals surface area contributed by atoms with Crippen molar-refractivity contribution in [2.45, 2.75) is 64.3 Å². The molecule has 1 amide bonds. The van der Waals surface area contributed by atoms with E-state index in [2.05, 4.69) is 10.2 Å². The fourth-order valence-corrected chi connectivity index (χ4v) is 5.93. The summed E-state index contributed by atoms with van der Waals surface area (Å²) in [6.45, 7) is 4.45. The van der Waals surface area contributed by atoms with E-state index in [9.17, 15) is 13.2 Å². The number of amides is 1. The Kier molecular flexibility index (Phi) is 7.35. The number of piperidine rings is 1. The van der Waals surface area contributed by atoms with Crippen molar-refractivity contribution in [1.29, 1.82) is 0 Å². The van der Waals surface area contributed by atoms with Gasteiger partial charge in [0.2, 0.25) is 15.9 Å². The van der Waals surface area contributed by atoms with Crippen LogP contribution in [0.15, 0.2) is 24.3 Å². The molecule has 0 bridgehead atoms. The van der Waals surface area contributed by atoms with Gasteiger partial charge in [0, 0.05) is 31.0 Å². The van der Waals surface area contributed by atoms with Crippen LogP contribution in [0.2, 0.25) is 0 Å². The number of nitrogens with zero attached hydrogens (tertiary/aromatic N) is 2. The molecule has 2 heterocycles. The van der Waals surface area contributed by atoms with E-state index in [1.165, 1.54) is 35.7 Å². The summed E-state index contributed by atoms with van der Waals surface area (Å²) in [4.78, 5) is 15.2. The largest absolute Gasteiger partial charge is 0.372 e. The molecular formula is C21H33N3O3S. The van der Waals surface area contributed by atoms with Crippen LogP contribution >= 0.6 is 0 Å². The second-order valence-electron chi connectivity index (χ2n) is 7.88. The molecule has 7 heteroatoms. The number of nitrogens with one attached hydrogen (secondary N) is 1. The van der Waals surface area contributed by atoms with Gasteiger partial charge in [-0.15, -0.1) is 0 Å². The second-order valence-corrected chi connectivity index (χ2v) is 9.92. The van der Waals surface area contributed by atoms with E-state index in [0.717, 1.165) is 31.6 Å². The van der Waals surface area contributed by atoms with Crippen molar-refractivity contribution in [3.05, 3.63) is 24.3 Å². The van der Waals surface area contributed by atoms with Crippen molar-refractivity contribution in [2.24, 2.45) is 0 Å². The molecule has 2 saturated heterocycles. The van der Waals surface area contributed by atoms with E-state index in [4.69, 9.17) is 0 Å². The number of anilines is 2. The van der Waals surface area contributed by atoms with Crippen LogP contribution in [0, 0.1) is 0 Å². The summed E-state index contributed by atoms with van der Waals surface area (Å²) in [5, 5.41) is 2.93. The number of rotatable bonds is 6. The molecule has 2 aliphatic heterocycles. The van der Waals surface area contributed by atoms with Crippen LogP contribution in [0.3, 0.4) is 0 Å². The number of benzene rings is 1. The average Bonchev–Trinajstić information content (AvgIpc) is 2.98. The summed E-state index contributed by atoms with van der Waals surface area (Å²) >= 11 is 0. The van der Waals surface area contributed by atoms with E-state index in [0.29, 0.717) is 19.4 Å². The summed E-state index contributed by atoms with van der Waals surface area (Å²) in [5.41, 5.74) is 1.91. The van der Waals surface area contributed by atoms with Gasteiger partial charge in [0.05, 0.1) is 5.75 Å². The molecule has 6 nitrogen and oxygen atoms in total. The number of carbonyl (C=O) groups is 1. The molecule has 2 fully saturated rings. The highest BCUT2D eigenvalue weighted by Crippen LogP contribution is 2.25. The minimum atomic E-state index is -3.38. The van der Waals surface area contributed by atoms with Crippen molar-refractivity contribution in [3.63, 3.8) is 0 Å². The molecule has 0 radical (unpaired) electrons. The lowest BCUT2D eigenvalue weighted by Gasteiger charge is -2.33. The van der Waals surface area contributed by atoms with Crippen LogP contribution in [0.25, 0.3) is 0 Å². The fraction of sp³-hybridized carbons (Fsp3) is 0.667. The lowest BCUT2D eigenvalue weighted by Crippen LogP contribution is -2.50. The van der Waals surface area contributed by atoms with Gasteiger partial charge < -0.3 is 10.2 Å². The molecule has 1 atom stereocenters. The predicted molar refractivity (Wildman–Crippen MR) is 114 cm³/mol. The maximum atomic E-state index is 12.8. The standard InChI is InChI=1S/C21H33N3O3S/c1-2-17-28(26,27)24-16-8-5-9-20(24)21(25)22-18-10-12-19(13-11-18)23-14-6-3-4-7-15-23/h10-13,20H,2-9,14-17H2,1H3,(H,22,25). The van der Waals surface area contributed by atoms with Gasteiger partial charge in [-0.2, -0.15) is 4.31 Å². The van der Waals surface area contributed by atoms with Crippen LogP contribution < -0.4 is 10.2 Å². The van der Waals surface area contributed by atoms with Gasteiger partial charge in [-0.05, 0) is 56.4 Å². The quantitative estimate of drug-likeness (QED) is 0.782. The first kappa shape index (κ1) is 21.1. The van der Waals surface area contributed by atoms with Gasteiger partial charge in [0.1, 0.15) is 6.04 Å².